The normalized spacial score (nSPS) is 11.1. The Morgan fingerprint density at radius 3 is 2.75 bits per heavy atom. The van der Waals surface area contributed by atoms with E-state index in [1.807, 2.05) is 0 Å². The van der Waals surface area contributed by atoms with Crippen LogP contribution in [0.15, 0.2) is 28.2 Å². The molecule has 3 heterocycles. The Morgan fingerprint density at radius 1 is 1.33 bits per heavy atom. The van der Waals surface area contributed by atoms with E-state index >= 15 is 0 Å². The third kappa shape index (κ3) is 2.62. The second-order valence-electron chi connectivity index (χ2n) is 5.18. The van der Waals surface area contributed by atoms with E-state index in [4.69, 9.17) is 16.3 Å². The Hall–Kier alpha value is -2.81. The first kappa shape index (κ1) is 16.1. The molecule has 0 aromatic carbocycles. The van der Waals surface area contributed by atoms with Crippen molar-refractivity contribution in [1.29, 1.82) is 0 Å². The van der Waals surface area contributed by atoms with E-state index in [0.717, 1.165) is 4.57 Å². The highest BCUT2D eigenvalue weighted by Crippen LogP contribution is 2.10. The van der Waals surface area contributed by atoms with Crippen LogP contribution in [0.3, 0.4) is 0 Å². The number of nitrogens with zero attached hydrogens (tertiary/aromatic N) is 4. The summed E-state index contributed by atoms with van der Waals surface area (Å²) >= 11 is 5.73. The number of imidazole rings is 1. The lowest BCUT2D eigenvalue weighted by Crippen LogP contribution is -2.37. The van der Waals surface area contributed by atoms with Gasteiger partial charge in [0.05, 0.1) is 17.9 Å². The molecule has 0 saturated carbocycles. The molecule has 24 heavy (non-hydrogen) atoms. The number of H-pyrrole nitrogens is 1. The van der Waals surface area contributed by atoms with Crippen LogP contribution >= 0.6 is 11.6 Å². The molecule has 0 bridgehead atoms. The molecule has 0 fully saturated rings. The number of ether oxygens (including phenoxy) is 1. The highest BCUT2D eigenvalue weighted by Gasteiger charge is 2.15. The van der Waals surface area contributed by atoms with Gasteiger partial charge in [0.2, 0.25) is 0 Å². The van der Waals surface area contributed by atoms with Gasteiger partial charge in [0.25, 0.3) is 5.56 Å². The van der Waals surface area contributed by atoms with E-state index in [9.17, 15) is 14.4 Å². The van der Waals surface area contributed by atoms with Crippen molar-refractivity contribution < 1.29 is 9.53 Å². The molecule has 0 radical (unpaired) electrons. The Kier molecular flexibility index (Phi) is 4.02. The van der Waals surface area contributed by atoms with E-state index in [0.29, 0.717) is 5.02 Å². The van der Waals surface area contributed by atoms with Crippen molar-refractivity contribution in [3.63, 3.8) is 0 Å². The van der Waals surface area contributed by atoms with Crippen LogP contribution in [0.4, 0.5) is 0 Å². The molecule has 9 nitrogen and oxygen atoms in total. The third-order valence-corrected chi connectivity index (χ3v) is 3.87. The number of aromatic nitrogens is 5. The van der Waals surface area contributed by atoms with Crippen molar-refractivity contribution in [2.45, 2.75) is 6.54 Å². The van der Waals surface area contributed by atoms with Crippen LogP contribution in [0.25, 0.3) is 11.2 Å². The predicted octanol–water partition coefficient (Wildman–Crippen LogP) is 0.272. The quantitative estimate of drug-likeness (QED) is 0.679. The molecule has 1 N–H and O–H groups in total. The minimum atomic E-state index is -0.549. The molecule has 3 aromatic heterocycles. The maximum Gasteiger partial charge on any atom is 0.354 e. The summed E-state index contributed by atoms with van der Waals surface area (Å²) in [5.74, 6) is -0.549. The maximum absolute atomic E-state index is 12.3. The first-order valence-corrected chi connectivity index (χ1v) is 7.40. The molecule has 126 valence electrons. The fourth-order valence-corrected chi connectivity index (χ4v) is 2.53. The molecule has 3 aromatic rings. The van der Waals surface area contributed by atoms with Gasteiger partial charge in [-0.2, -0.15) is 0 Å². The van der Waals surface area contributed by atoms with Crippen LogP contribution in [-0.2, 0) is 25.4 Å². The number of hydrogen-bond donors (Lipinski definition) is 1. The number of halogens is 1. The number of carbonyl (C=O) groups excluding carboxylic acids is 1. The van der Waals surface area contributed by atoms with Gasteiger partial charge in [-0.3, -0.25) is 13.9 Å². The second kappa shape index (κ2) is 6.00. The van der Waals surface area contributed by atoms with Gasteiger partial charge >= 0.3 is 11.7 Å². The van der Waals surface area contributed by atoms with Gasteiger partial charge in [0.15, 0.2) is 11.2 Å². The minimum absolute atomic E-state index is 0.0347. The van der Waals surface area contributed by atoms with Gasteiger partial charge in [0, 0.05) is 20.3 Å². The third-order valence-electron chi connectivity index (χ3n) is 3.65. The molecule has 0 saturated heterocycles. The van der Waals surface area contributed by atoms with Gasteiger partial charge in [-0.1, -0.05) is 11.6 Å². The number of hydrogen-bond acceptors (Lipinski definition) is 5. The molecule has 0 aliphatic heterocycles. The Morgan fingerprint density at radius 2 is 2.08 bits per heavy atom. The van der Waals surface area contributed by atoms with E-state index in [2.05, 4.69) is 9.97 Å². The Balaban J connectivity index is 1.80. The molecule has 10 heteroatoms. The number of esters is 1. The van der Waals surface area contributed by atoms with Crippen LogP contribution in [0.1, 0.15) is 10.5 Å². The summed E-state index contributed by atoms with van der Waals surface area (Å²) in [5.41, 5.74) is -0.0983. The zero-order chi connectivity index (χ0) is 17.4. The zero-order valence-corrected chi connectivity index (χ0v) is 13.7. The summed E-state index contributed by atoms with van der Waals surface area (Å²) in [7, 11) is 2.94. The average molecular weight is 352 g/mol. The summed E-state index contributed by atoms with van der Waals surface area (Å²) < 4.78 is 8.98. The highest BCUT2D eigenvalue weighted by atomic mass is 35.5. The molecular weight excluding hydrogens is 338 g/mol. The monoisotopic (exact) mass is 351 g/mol. The van der Waals surface area contributed by atoms with Crippen molar-refractivity contribution in [3.8, 4) is 0 Å². The largest absolute Gasteiger partial charge is 0.459 e. The molecule has 0 unspecified atom stereocenters. The summed E-state index contributed by atoms with van der Waals surface area (Å²) in [6.07, 6.45) is 2.91. The number of nitrogens with one attached hydrogen (secondary N) is 1. The van der Waals surface area contributed by atoms with Crippen molar-refractivity contribution in [2.75, 3.05) is 6.61 Å². The Labute approximate surface area is 140 Å². The highest BCUT2D eigenvalue weighted by molar-refractivity contribution is 6.30. The van der Waals surface area contributed by atoms with E-state index < -0.39 is 17.2 Å². The van der Waals surface area contributed by atoms with Crippen LogP contribution in [0, 0.1) is 0 Å². The van der Waals surface area contributed by atoms with Crippen LogP contribution in [-0.4, -0.2) is 36.2 Å². The molecule has 3 rings (SSSR count). The van der Waals surface area contributed by atoms with E-state index in [1.54, 1.807) is 4.57 Å². The first-order valence-electron chi connectivity index (χ1n) is 7.02. The van der Waals surface area contributed by atoms with Crippen molar-refractivity contribution >= 4 is 28.7 Å². The van der Waals surface area contributed by atoms with Gasteiger partial charge in [-0.05, 0) is 6.07 Å². The molecule has 0 amide bonds. The maximum atomic E-state index is 12.3. The lowest BCUT2D eigenvalue weighted by molar-refractivity contribution is 0.0486. The number of fused-ring (bicyclic) bond motifs is 1. The first-order chi connectivity index (χ1) is 11.4. The molecule has 0 atom stereocenters. The number of aromatic amines is 1. The van der Waals surface area contributed by atoms with Gasteiger partial charge in [0.1, 0.15) is 12.3 Å². The average Bonchev–Trinajstić information content (AvgIpc) is 3.17. The summed E-state index contributed by atoms with van der Waals surface area (Å²) in [6.45, 7) is 0.261. The summed E-state index contributed by atoms with van der Waals surface area (Å²) in [6, 6.07) is 1.46. The van der Waals surface area contributed by atoms with Crippen LogP contribution in [0.2, 0.25) is 5.02 Å². The molecule has 0 aliphatic rings. The standard InChI is InChI=1S/C14H14ClN5O4/c1-18-11-10(12(21)19(2)14(18)23)20(7-17-11)3-4-24-13(22)9-5-8(15)6-16-9/h5-7,16H,3-4H2,1-2H3. The van der Waals surface area contributed by atoms with E-state index in [-0.39, 0.29) is 30.0 Å². The summed E-state index contributed by atoms with van der Waals surface area (Å²) in [4.78, 5) is 42.7. The topological polar surface area (TPSA) is 104 Å². The van der Waals surface area contributed by atoms with Crippen LogP contribution in [0.5, 0.6) is 0 Å². The minimum Gasteiger partial charge on any atom is -0.459 e. The Bertz CT molecular complexity index is 1040. The van der Waals surface area contributed by atoms with Gasteiger partial charge < -0.3 is 14.3 Å². The summed E-state index contributed by atoms with van der Waals surface area (Å²) in [5, 5.41) is 0.409. The molecular formula is C14H14ClN5O4. The number of carbonyl (C=O) groups is 1. The second-order valence-corrected chi connectivity index (χ2v) is 5.62. The van der Waals surface area contributed by atoms with Crippen LogP contribution < -0.4 is 11.2 Å². The number of aryl methyl sites for hydroxylation is 1. The molecule has 0 aliphatic carbocycles. The van der Waals surface area contributed by atoms with Crippen molar-refractivity contribution in [2.24, 2.45) is 14.1 Å². The van der Waals surface area contributed by atoms with Gasteiger partial charge in [-0.25, -0.2) is 14.6 Å². The fraction of sp³-hybridized carbons (Fsp3) is 0.286. The lowest BCUT2D eigenvalue weighted by atomic mass is 10.4. The predicted molar refractivity (Wildman–Crippen MR) is 86.3 cm³/mol. The zero-order valence-electron chi connectivity index (χ0n) is 12.9. The fourth-order valence-electron chi connectivity index (χ4n) is 2.37. The van der Waals surface area contributed by atoms with Crippen molar-refractivity contribution in [1.82, 2.24) is 23.7 Å². The number of rotatable bonds is 4. The van der Waals surface area contributed by atoms with Gasteiger partial charge in [-0.15, -0.1) is 0 Å². The van der Waals surface area contributed by atoms with E-state index in [1.165, 1.54) is 37.3 Å². The molecule has 0 spiro atoms. The smallest absolute Gasteiger partial charge is 0.354 e. The van der Waals surface area contributed by atoms with Crippen molar-refractivity contribution in [3.05, 3.63) is 50.1 Å². The SMILES string of the molecule is Cn1c(=O)c2c(ncn2CCOC(=O)c2cc(Cl)c[nH]2)n(C)c1=O. The lowest BCUT2D eigenvalue weighted by Gasteiger charge is -2.07.